The summed E-state index contributed by atoms with van der Waals surface area (Å²) in [7, 11) is 0. The van der Waals surface area contributed by atoms with E-state index in [0.29, 0.717) is 0 Å². The predicted molar refractivity (Wildman–Crippen MR) is 44.3 cm³/mol. The van der Waals surface area contributed by atoms with Crippen molar-refractivity contribution in [2.75, 3.05) is 0 Å². The van der Waals surface area contributed by atoms with Gasteiger partial charge in [-0.1, -0.05) is 0 Å². The van der Waals surface area contributed by atoms with Crippen molar-refractivity contribution in [2.24, 2.45) is 0 Å². The summed E-state index contributed by atoms with van der Waals surface area (Å²) in [5.41, 5.74) is 0. The molecule has 0 aliphatic carbocycles. The Morgan fingerprint density at radius 3 is 1.57 bits per heavy atom. The molecule has 0 unspecified atom stereocenters. The van der Waals surface area contributed by atoms with Crippen molar-refractivity contribution < 1.29 is 19.8 Å². The summed E-state index contributed by atoms with van der Waals surface area (Å²) in [6.07, 6.45) is 2.56. The Morgan fingerprint density at radius 2 is 1.43 bits per heavy atom. The fourth-order valence-corrected chi connectivity index (χ4v) is 0.419. The highest BCUT2D eigenvalue weighted by Gasteiger charge is 2.00. The van der Waals surface area contributed by atoms with Crippen LogP contribution in [-0.4, -0.2) is 37.6 Å². The molecule has 0 bridgehead atoms. The molecule has 7 nitrogen and oxygen atoms in total. The summed E-state index contributed by atoms with van der Waals surface area (Å²) in [6.45, 7) is 0. The fourth-order valence-electron chi connectivity index (χ4n) is 0.419. The van der Waals surface area contributed by atoms with Gasteiger partial charge < -0.3 is 10.2 Å². The summed E-state index contributed by atoms with van der Waals surface area (Å²) in [6, 6.07) is 1.72. The summed E-state index contributed by atoms with van der Waals surface area (Å²) in [5.74, 6) is -2.15. The maximum absolute atomic E-state index is 9.64. The second kappa shape index (κ2) is 7.59. The molecule has 0 radical (unpaired) electrons. The maximum atomic E-state index is 9.64. The third-order valence-corrected chi connectivity index (χ3v) is 0.961. The molecule has 1 heterocycles. The van der Waals surface area contributed by atoms with Gasteiger partial charge in [0.25, 0.3) is 0 Å². The van der Waals surface area contributed by atoms with Crippen molar-refractivity contribution >= 4 is 11.9 Å². The Hall–Kier alpha value is -2.05. The number of aliphatic carboxylic acids is 2. The molecule has 1 aromatic heterocycles. The molecule has 2 N–H and O–H groups in total. The molecule has 0 fully saturated rings. The van der Waals surface area contributed by atoms with E-state index in [2.05, 4.69) is 15.4 Å². The van der Waals surface area contributed by atoms with Crippen molar-refractivity contribution in [1.82, 2.24) is 15.4 Å². The van der Waals surface area contributed by atoms with Crippen LogP contribution in [0.5, 0.6) is 0 Å². The zero-order valence-electron chi connectivity index (χ0n) is 7.20. The maximum Gasteiger partial charge on any atom is 0.303 e. The molecule has 0 amide bonds. The van der Waals surface area contributed by atoms with Crippen molar-refractivity contribution in [3.63, 3.8) is 0 Å². The van der Waals surface area contributed by atoms with E-state index in [1.54, 1.807) is 18.5 Å². The number of carboxylic acid groups (broad SMARTS) is 2. The number of rotatable bonds is 3. The quantitative estimate of drug-likeness (QED) is 0.693. The van der Waals surface area contributed by atoms with Crippen LogP contribution in [0.3, 0.4) is 0 Å². The normalized spacial score (nSPS) is 8.29. The lowest BCUT2D eigenvalue weighted by Gasteiger charge is -1.85. The molecule has 0 aliphatic heterocycles. The van der Waals surface area contributed by atoms with E-state index < -0.39 is 11.9 Å². The molecule has 76 valence electrons. The van der Waals surface area contributed by atoms with E-state index in [0.717, 1.165) is 0 Å². The van der Waals surface area contributed by atoms with Crippen molar-refractivity contribution in [3.05, 3.63) is 18.5 Å². The van der Waals surface area contributed by atoms with Gasteiger partial charge >= 0.3 is 11.9 Å². The fraction of sp³-hybridized carbons (Fsp3) is 0.286. The molecule has 0 spiro atoms. The van der Waals surface area contributed by atoms with Gasteiger partial charge in [-0.25, -0.2) is 0 Å². The van der Waals surface area contributed by atoms with Crippen molar-refractivity contribution in [3.8, 4) is 0 Å². The second-order valence-electron chi connectivity index (χ2n) is 2.10. The van der Waals surface area contributed by atoms with Crippen LogP contribution in [-0.2, 0) is 9.59 Å². The minimum atomic E-state index is -1.08. The third kappa shape index (κ3) is 9.95. The van der Waals surface area contributed by atoms with Crippen LogP contribution in [0.15, 0.2) is 18.5 Å². The lowest BCUT2D eigenvalue weighted by molar-refractivity contribution is -0.143. The molecule has 0 aliphatic rings. The van der Waals surface area contributed by atoms with E-state index in [1.807, 2.05) is 0 Å². The number of aromatic nitrogens is 3. The second-order valence-corrected chi connectivity index (χ2v) is 2.10. The summed E-state index contributed by atoms with van der Waals surface area (Å²) >= 11 is 0. The minimum Gasteiger partial charge on any atom is -0.481 e. The Bertz CT molecular complexity index is 237. The van der Waals surface area contributed by atoms with Gasteiger partial charge in [0, 0.05) is 0 Å². The molecule has 0 saturated heterocycles. The highest BCUT2D eigenvalue weighted by atomic mass is 16.4. The molecule has 1 aromatic rings. The number of hydrogen-bond donors (Lipinski definition) is 2. The summed E-state index contributed by atoms with van der Waals surface area (Å²) < 4.78 is 0. The molecule has 0 atom stereocenters. The van der Waals surface area contributed by atoms with E-state index >= 15 is 0 Å². The van der Waals surface area contributed by atoms with Crippen LogP contribution in [0, 0.1) is 0 Å². The van der Waals surface area contributed by atoms with Crippen molar-refractivity contribution in [2.45, 2.75) is 12.8 Å². The van der Waals surface area contributed by atoms with Gasteiger partial charge in [0.2, 0.25) is 0 Å². The highest BCUT2D eigenvalue weighted by Crippen LogP contribution is 1.86. The molecule has 14 heavy (non-hydrogen) atoms. The molecule has 0 aromatic carbocycles. The zero-order valence-corrected chi connectivity index (χ0v) is 7.20. The third-order valence-electron chi connectivity index (χ3n) is 0.961. The highest BCUT2D eigenvalue weighted by molar-refractivity contribution is 5.75. The van der Waals surface area contributed by atoms with Gasteiger partial charge in [-0.15, -0.1) is 10.2 Å². The molecule has 1 rings (SSSR count). The first kappa shape index (κ1) is 11.9. The molecule has 0 saturated carbocycles. The number of carbonyl (C=O) groups is 2. The Morgan fingerprint density at radius 1 is 1.00 bits per heavy atom. The Labute approximate surface area is 79.4 Å². The standard InChI is InChI=1S/C4H6O4.C3H3N3/c5-3(6)1-2-4(7)8;1-2-4-6-5-3-1/h1-2H2,(H,5,6)(H,7,8);1-3H. The first-order valence-corrected chi connectivity index (χ1v) is 3.65. The van der Waals surface area contributed by atoms with Crippen LogP contribution in [0.4, 0.5) is 0 Å². The Kier molecular flexibility index (Phi) is 6.48. The van der Waals surface area contributed by atoms with Crippen LogP contribution in [0.2, 0.25) is 0 Å². The van der Waals surface area contributed by atoms with E-state index in [1.165, 1.54) is 0 Å². The number of carboxylic acids is 2. The van der Waals surface area contributed by atoms with Gasteiger partial charge in [0.15, 0.2) is 0 Å². The number of nitrogens with zero attached hydrogens (tertiary/aromatic N) is 3. The smallest absolute Gasteiger partial charge is 0.303 e. The minimum absolute atomic E-state index is 0.296. The average molecular weight is 199 g/mol. The van der Waals surface area contributed by atoms with Gasteiger partial charge in [-0.3, -0.25) is 9.59 Å². The zero-order chi connectivity index (χ0) is 10.8. The van der Waals surface area contributed by atoms with Crippen LogP contribution < -0.4 is 0 Å². The van der Waals surface area contributed by atoms with Crippen molar-refractivity contribution in [1.29, 1.82) is 0 Å². The van der Waals surface area contributed by atoms with Crippen LogP contribution in [0.1, 0.15) is 12.8 Å². The first-order valence-electron chi connectivity index (χ1n) is 3.65. The molecular weight excluding hydrogens is 190 g/mol. The van der Waals surface area contributed by atoms with E-state index in [9.17, 15) is 9.59 Å². The average Bonchev–Trinajstić information content (AvgIpc) is 2.18. The first-order chi connectivity index (χ1) is 6.63. The van der Waals surface area contributed by atoms with Gasteiger partial charge in [-0.05, 0) is 11.3 Å². The summed E-state index contributed by atoms with van der Waals surface area (Å²) in [5, 5.41) is 25.9. The van der Waals surface area contributed by atoms with E-state index in [4.69, 9.17) is 10.2 Å². The van der Waals surface area contributed by atoms with E-state index in [-0.39, 0.29) is 12.8 Å². The van der Waals surface area contributed by atoms with Gasteiger partial charge in [0.1, 0.15) is 0 Å². The SMILES string of the molecule is O=C(O)CCC(=O)O.c1cnnnc1. The lowest BCUT2D eigenvalue weighted by Crippen LogP contribution is -2.00. The molecular formula is C7H9N3O4. The molecule has 7 heteroatoms. The summed E-state index contributed by atoms with van der Waals surface area (Å²) in [4.78, 5) is 19.3. The monoisotopic (exact) mass is 199 g/mol. The largest absolute Gasteiger partial charge is 0.481 e. The van der Waals surface area contributed by atoms with Crippen LogP contribution >= 0.6 is 0 Å². The lowest BCUT2D eigenvalue weighted by atomic mass is 10.3. The van der Waals surface area contributed by atoms with Gasteiger partial charge in [-0.2, -0.15) is 0 Å². The van der Waals surface area contributed by atoms with Gasteiger partial charge in [0.05, 0.1) is 25.2 Å². The Balaban J connectivity index is 0.000000249. The number of hydrogen-bond acceptors (Lipinski definition) is 5. The predicted octanol–water partition coefficient (Wildman–Crippen LogP) is -0.193. The topological polar surface area (TPSA) is 113 Å². The van der Waals surface area contributed by atoms with Crippen LogP contribution in [0.25, 0.3) is 0 Å².